The summed E-state index contributed by atoms with van der Waals surface area (Å²) in [6, 6.07) is 5.51. The first kappa shape index (κ1) is 13.7. The molecular formula is C11H14ClN3OS. The second kappa shape index (κ2) is 5.33. The summed E-state index contributed by atoms with van der Waals surface area (Å²) < 4.78 is 0.985. The second-order valence-electron chi connectivity index (χ2n) is 3.89. The lowest BCUT2D eigenvalue weighted by Crippen LogP contribution is -2.17. The molecule has 1 aromatic heterocycles. The molecule has 0 aliphatic rings. The molecule has 0 aliphatic carbocycles. The molecule has 1 heterocycles. The molecule has 0 saturated carbocycles. The Kier molecular flexibility index (Phi) is 4.31. The van der Waals surface area contributed by atoms with Gasteiger partial charge in [-0.3, -0.25) is 4.79 Å². The first-order valence-electron chi connectivity index (χ1n) is 5.03. The largest absolute Gasteiger partial charge is 0.399 e. The van der Waals surface area contributed by atoms with Crippen LogP contribution in [0.15, 0.2) is 18.2 Å². The number of hydrogen-bond acceptors (Lipinski definition) is 4. The number of thiazole rings is 1. The quantitative estimate of drug-likeness (QED) is 0.825. The molecule has 3 N–H and O–H groups in total. The van der Waals surface area contributed by atoms with Crippen molar-refractivity contribution in [2.75, 3.05) is 11.1 Å². The molecule has 0 bridgehead atoms. The van der Waals surface area contributed by atoms with Crippen molar-refractivity contribution >= 4 is 50.7 Å². The van der Waals surface area contributed by atoms with Gasteiger partial charge < -0.3 is 11.1 Å². The SMILES string of the molecule is CC(C)C(=O)Nc1nc2ccc(N)cc2s1.Cl. The van der Waals surface area contributed by atoms with Crippen LogP contribution in [0.4, 0.5) is 10.8 Å². The average Bonchev–Trinajstić information content (AvgIpc) is 2.58. The molecule has 0 atom stereocenters. The second-order valence-corrected chi connectivity index (χ2v) is 4.92. The maximum absolute atomic E-state index is 11.5. The predicted octanol–water partition coefficient (Wildman–Crippen LogP) is 2.89. The van der Waals surface area contributed by atoms with E-state index in [4.69, 9.17) is 5.73 Å². The number of nitrogens with two attached hydrogens (primary N) is 1. The number of nitrogens with one attached hydrogen (secondary N) is 1. The first-order chi connectivity index (χ1) is 7.56. The number of amides is 1. The maximum atomic E-state index is 11.5. The third-order valence-electron chi connectivity index (χ3n) is 2.17. The van der Waals surface area contributed by atoms with Gasteiger partial charge in [-0.2, -0.15) is 0 Å². The van der Waals surface area contributed by atoms with Crippen LogP contribution in [0.3, 0.4) is 0 Å². The van der Waals surface area contributed by atoms with Crippen LogP contribution in [0.5, 0.6) is 0 Å². The summed E-state index contributed by atoms with van der Waals surface area (Å²) in [6.45, 7) is 3.70. The molecule has 17 heavy (non-hydrogen) atoms. The van der Waals surface area contributed by atoms with Crippen molar-refractivity contribution in [3.05, 3.63) is 18.2 Å². The summed E-state index contributed by atoms with van der Waals surface area (Å²) >= 11 is 1.43. The zero-order valence-electron chi connectivity index (χ0n) is 9.56. The fourth-order valence-corrected chi connectivity index (χ4v) is 2.16. The molecule has 1 amide bonds. The van der Waals surface area contributed by atoms with Gasteiger partial charge in [0.25, 0.3) is 0 Å². The highest BCUT2D eigenvalue weighted by atomic mass is 35.5. The van der Waals surface area contributed by atoms with Crippen LogP contribution < -0.4 is 11.1 Å². The Morgan fingerprint density at radius 2 is 2.18 bits per heavy atom. The Bertz CT molecular complexity index is 538. The molecule has 2 rings (SSSR count). The van der Waals surface area contributed by atoms with Gasteiger partial charge in [-0.05, 0) is 18.2 Å². The van der Waals surface area contributed by atoms with Crippen LogP contribution in [0.1, 0.15) is 13.8 Å². The molecule has 0 radical (unpaired) electrons. The molecule has 4 nitrogen and oxygen atoms in total. The lowest BCUT2D eigenvalue weighted by Gasteiger charge is -2.02. The Balaban J connectivity index is 0.00000144. The summed E-state index contributed by atoms with van der Waals surface area (Å²) in [4.78, 5) is 15.8. The number of carbonyl (C=O) groups is 1. The number of rotatable bonds is 2. The van der Waals surface area contributed by atoms with Gasteiger partial charge in [0.2, 0.25) is 5.91 Å². The minimum absolute atomic E-state index is 0. The van der Waals surface area contributed by atoms with E-state index in [9.17, 15) is 4.79 Å². The lowest BCUT2D eigenvalue weighted by molar-refractivity contribution is -0.118. The highest BCUT2D eigenvalue weighted by molar-refractivity contribution is 7.22. The molecule has 92 valence electrons. The van der Waals surface area contributed by atoms with Crippen molar-refractivity contribution in [3.8, 4) is 0 Å². The van der Waals surface area contributed by atoms with Gasteiger partial charge in [-0.15, -0.1) is 12.4 Å². The van der Waals surface area contributed by atoms with Crippen LogP contribution >= 0.6 is 23.7 Å². The minimum Gasteiger partial charge on any atom is -0.399 e. The third kappa shape index (κ3) is 3.08. The Morgan fingerprint density at radius 3 is 2.82 bits per heavy atom. The van der Waals surface area contributed by atoms with Crippen LogP contribution in [-0.2, 0) is 4.79 Å². The summed E-state index contributed by atoms with van der Waals surface area (Å²) in [5.41, 5.74) is 7.24. The molecule has 1 aromatic carbocycles. The van der Waals surface area contributed by atoms with Crippen LogP contribution in [0, 0.1) is 5.92 Å². The van der Waals surface area contributed by atoms with Gasteiger partial charge in [0.05, 0.1) is 10.2 Å². The van der Waals surface area contributed by atoms with Gasteiger partial charge in [0.1, 0.15) is 0 Å². The molecular weight excluding hydrogens is 258 g/mol. The smallest absolute Gasteiger partial charge is 0.228 e. The van der Waals surface area contributed by atoms with E-state index in [1.807, 2.05) is 26.0 Å². The number of halogens is 1. The van der Waals surface area contributed by atoms with E-state index in [1.54, 1.807) is 6.07 Å². The summed E-state index contributed by atoms with van der Waals surface area (Å²) in [5, 5.41) is 3.40. The molecule has 0 fully saturated rings. The zero-order chi connectivity index (χ0) is 11.7. The van der Waals surface area contributed by atoms with Crippen molar-refractivity contribution in [1.29, 1.82) is 0 Å². The summed E-state index contributed by atoms with van der Waals surface area (Å²) in [6.07, 6.45) is 0. The topological polar surface area (TPSA) is 68.0 Å². The van der Waals surface area contributed by atoms with Crippen molar-refractivity contribution in [2.24, 2.45) is 5.92 Å². The number of aromatic nitrogens is 1. The number of hydrogen-bond donors (Lipinski definition) is 2. The predicted molar refractivity (Wildman–Crippen MR) is 74.7 cm³/mol. The van der Waals surface area contributed by atoms with Crippen molar-refractivity contribution in [2.45, 2.75) is 13.8 Å². The Hall–Kier alpha value is -1.33. The fourth-order valence-electron chi connectivity index (χ4n) is 1.24. The van der Waals surface area contributed by atoms with E-state index < -0.39 is 0 Å². The highest BCUT2D eigenvalue weighted by Crippen LogP contribution is 2.27. The van der Waals surface area contributed by atoms with Gasteiger partial charge in [0.15, 0.2) is 5.13 Å². The molecule has 6 heteroatoms. The monoisotopic (exact) mass is 271 g/mol. The summed E-state index contributed by atoms with van der Waals surface area (Å²) in [7, 11) is 0. The Morgan fingerprint density at radius 1 is 1.47 bits per heavy atom. The van der Waals surface area contributed by atoms with E-state index >= 15 is 0 Å². The minimum atomic E-state index is -0.0444. The lowest BCUT2D eigenvalue weighted by atomic mass is 10.2. The van der Waals surface area contributed by atoms with Gasteiger partial charge in [-0.25, -0.2) is 4.98 Å². The number of benzene rings is 1. The number of fused-ring (bicyclic) bond motifs is 1. The number of anilines is 2. The first-order valence-corrected chi connectivity index (χ1v) is 5.85. The van der Waals surface area contributed by atoms with Crippen molar-refractivity contribution in [1.82, 2.24) is 4.98 Å². The van der Waals surface area contributed by atoms with Crippen LogP contribution in [-0.4, -0.2) is 10.9 Å². The van der Waals surface area contributed by atoms with E-state index in [1.165, 1.54) is 11.3 Å². The third-order valence-corrected chi connectivity index (χ3v) is 3.10. The summed E-state index contributed by atoms with van der Waals surface area (Å²) in [5.74, 6) is -0.0656. The van der Waals surface area contributed by atoms with Gasteiger partial charge >= 0.3 is 0 Å². The molecule has 2 aromatic rings. The standard InChI is InChI=1S/C11H13N3OS.ClH/c1-6(2)10(15)14-11-13-8-4-3-7(12)5-9(8)16-11;/h3-6H,12H2,1-2H3,(H,13,14,15);1H. The normalized spacial score (nSPS) is 10.3. The van der Waals surface area contributed by atoms with E-state index in [0.717, 1.165) is 10.2 Å². The molecule has 0 unspecified atom stereocenters. The number of nitrogen functional groups attached to an aromatic ring is 1. The fraction of sp³-hybridized carbons (Fsp3) is 0.273. The van der Waals surface area contributed by atoms with E-state index in [-0.39, 0.29) is 24.2 Å². The number of carbonyl (C=O) groups excluding carboxylic acids is 1. The van der Waals surface area contributed by atoms with Gasteiger partial charge in [-0.1, -0.05) is 25.2 Å². The molecule has 0 aliphatic heterocycles. The van der Waals surface area contributed by atoms with Crippen molar-refractivity contribution < 1.29 is 4.79 Å². The van der Waals surface area contributed by atoms with Crippen molar-refractivity contribution in [3.63, 3.8) is 0 Å². The van der Waals surface area contributed by atoms with Crippen LogP contribution in [0.2, 0.25) is 0 Å². The molecule has 0 saturated heterocycles. The zero-order valence-corrected chi connectivity index (χ0v) is 11.2. The molecule has 0 spiro atoms. The van der Waals surface area contributed by atoms with Crippen LogP contribution in [0.25, 0.3) is 10.2 Å². The van der Waals surface area contributed by atoms with E-state index in [0.29, 0.717) is 10.8 Å². The highest BCUT2D eigenvalue weighted by Gasteiger charge is 2.10. The van der Waals surface area contributed by atoms with E-state index in [2.05, 4.69) is 10.3 Å². The Labute approximate surface area is 110 Å². The maximum Gasteiger partial charge on any atom is 0.228 e. The average molecular weight is 272 g/mol. The van der Waals surface area contributed by atoms with Gasteiger partial charge in [0, 0.05) is 11.6 Å². The number of nitrogens with zero attached hydrogens (tertiary/aromatic N) is 1.